The predicted molar refractivity (Wildman–Crippen MR) is 99.7 cm³/mol. The molecule has 1 amide bonds. The van der Waals surface area contributed by atoms with Crippen LogP contribution in [0, 0.1) is 0 Å². The molecule has 0 radical (unpaired) electrons. The standard InChI is InChI=1S/C19H18ClF3N4O2/c1-2-11-6-3-4-8-26(11)18(28)16-15(20)17-24-12(13-7-5-9-29-13)10-14(19(21,22)23)27(17)25-16/h5,7,9-11H,2-4,6,8H2,1H3/t11-/m1/s1. The zero-order chi connectivity index (χ0) is 20.8. The van der Waals surface area contributed by atoms with Crippen LogP contribution in [0.3, 0.4) is 0 Å². The topological polar surface area (TPSA) is 63.6 Å². The lowest BCUT2D eigenvalue weighted by Gasteiger charge is -2.34. The molecular formula is C19H18ClF3N4O2. The van der Waals surface area contributed by atoms with E-state index in [0.29, 0.717) is 11.1 Å². The highest BCUT2D eigenvalue weighted by molar-refractivity contribution is 6.36. The van der Waals surface area contributed by atoms with Gasteiger partial charge >= 0.3 is 6.18 Å². The minimum Gasteiger partial charge on any atom is -0.463 e. The zero-order valence-electron chi connectivity index (χ0n) is 15.5. The molecule has 0 aliphatic carbocycles. The van der Waals surface area contributed by atoms with Crippen LogP contribution in [0.4, 0.5) is 13.2 Å². The van der Waals surface area contributed by atoms with E-state index < -0.39 is 17.8 Å². The van der Waals surface area contributed by atoms with Crippen LogP contribution in [0.15, 0.2) is 28.9 Å². The van der Waals surface area contributed by atoms with Crippen molar-refractivity contribution >= 4 is 23.2 Å². The van der Waals surface area contributed by atoms with Crippen molar-refractivity contribution in [2.45, 2.75) is 44.8 Å². The van der Waals surface area contributed by atoms with E-state index in [4.69, 9.17) is 16.0 Å². The van der Waals surface area contributed by atoms with Gasteiger partial charge in [0, 0.05) is 12.6 Å². The molecule has 4 heterocycles. The molecule has 1 aliphatic heterocycles. The maximum Gasteiger partial charge on any atom is 0.433 e. The van der Waals surface area contributed by atoms with Crippen LogP contribution >= 0.6 is 11.6 Å². The number of aromatic nitrogens is 3. The van der Waals surface area contributed by atoms with Crippen molar-refractivity contribution < 1.29 is 22.4 Å². The number of carbonyl (C=O) groups is 1. The van der Waals surface area contributed by atoms with Crippen molar-refractivity contribution in [3.63, 3.8) is 0 Å². The second-order valence-corrected chi connectivity index (χ2v) is 7.33. The number of carbonyl (C=O) groups excluding carboxylic acids is 1. The van der Waals surface area contributed by atoms with Gasteiger partial charge in [-0.25, -0.2) is 9.50 Å². The molecule has 1 aliphatic rings. The van der Waals surface area contributed by atoms with E-state index in [0.717, 1.165) is 31.7 Å². The number of alkyl halides is 3. The first-order valence-corrected chi connectivity index (χ1v) is 9.70. The van der Waals surface area contributed by atoms with Crippen molar-refractivity contribution in [3.05, 3.63) is 40.9 Å². The summed E-state index contributed by atoms with van der Waals surface area (Å²) in [4.78, 5) is 18.9. The third-order valence-electron chi connectivity index (χ3n) is 5.16. The number of hydrogen-bond donors (Lipinski definition) is 0. The van der Waals surface area contributed by atoms with Gasteiger partial charge < -0.3 is 9.32 Å². The monoisotopic (exact) mass is 426 g/mol. The van der Waals surface area contributed by atoms with E-state index in [-0.39, 0.29) is 33.9 Å². The number of fused-ring (bicyclic) bond motifs is 1. The minimum absolute atomic E-state index is 0.0193. The van der Waals surface area contributed by atoms with Crippen LogP contribution in [-0.2, 0) is 6.18 Å². The third kappa shape index (κ3) is 3.48. The number of halogens is 4. The first kappa shape index (κ1) is 19.8. The number of piperidine rings is 1. The van der Waals surface area contributed by atoms with Gasteiger partial charge in [0.15, 0.2) is 22.8 Å². The lowest BCUT2D eigenvalue weighted by molar-refractivity contribution is -0.142. The lowest BCUT2D eigenvalue weighted by atomic mass is 9.99. The summed E-state index contributed by atoms with van der Waals surface area (Å²) in [6, 6.07) is 3.89. The summed E-state index contributed by atoms with van der Waals surface area (Å²) in [5.74, 6) is -0.315. The molecule has 1 fully saturated rings. The van der Waals surface area contributed by atoms with Crippen LogP contribution in [0.1, 0.15) is 48.8 Å². The second-order valence-electron chi connectivity index (χ2n) is 6.96. The Kier molecular flexibility index (Phi) is 5.02. The molecule has 29 heavy (non-hydrogen) atoms. The molecule has 154 valence electrons. The van der Waals surface area contributed by atoms with E-state index >= 15 is 0 Å². The average Bonchev–Trinajstić information content (AvgIpc) is 3.34. The van der Waals surface area contributed by atoms with Gasteiger partial charge in [-0.1, -0.05) is 18.5 Å². The average molecular weight is 427 g/mol. The maximum atomic E-state index is 13.7. The van der Waals surface area contributed by atoms with Gasteiger partial charge in [-0.2, -0.15) is 18.3 Å². The van der Waals surface area contributed by atoms with Gasteiger partial charge in [-0.05, 0) is 43.9 Å². The van der Waals surface area contributed by atoms with Gasteiger partial charge in [0.2, 0.25) is 0 Å². The third-order valence-corrected chi connectivity index (χ3v) is 5.51. The number of nitrogens with zero attached hydrogens (tertiary/aromatic N) is 4. The molecule has 6 nitrogen and oxygen atoms in total. The van der Waals surface area contributed by atoms with Crippen molar-refractivity contribution in [3.8, 4) is 11.5 Å². The van der Waals surface area contributed by atoms with Crippen molar-refractivity contribution in [1.29, 1.82) is 0 Å². The first-order chi connectivity index (χ1) is 13.8. The largest absolute Gasteiger partial charge is 0.463 e. The van der Waals surface area contributed by atoms with E-state index in [2.05, 4.69) is 10.1 Å². The van der Waals surface area contributed by atoms with Crippen molar-refractivity contribution in [2.75, 3.05) is 6.54 Å². The van der Waals surface area contributed by atoms with Gasteiger partial charge in [-0.15, -0.1) is 0 Å². The van der Waals surface area contributed by atoms with E-state index in [9.17, 15) is 18.0 Å². The molecule has 1 saturated heterocycles. The summed E-state index contributed by atoms with van der Waals surface area (Å²) in [7, 11) is 0. The molecule has 0 N–H and O–H groups in total. The molecule has 0 unspecified atom stereocenters. The van der Waals surface area contributed by atoms with Crippen LogP contribution < -0.4 is 0 Å². The van der Waals surface area contributed by atoms with Crippen LogP contribution in [0.2, 0.25) is 5.02 Å². The summed E-state index contributed by atoms with van der Waals surface area (Å²) in [6.07, 6.45) is 0.0562. The van der Waals surface area contributed by atoms with Crippen LogP contribution in [0.25, 0.3) is 17.1 Å². The summed E-state index contributed by atoms with van der Waals surface area (Å²) < 4.78 is 46.9. The molecule has 0 bridgehead atoms. The minimum atomic E-state index is -4.73. The first-order valence-electron chi connectivity index (χ1n) is 9.32. The number of likely N-dealkylation sites (tertiary alicyclic amines) is 1. The molecule has 0 spiro atoms. The summed E-state index contributed by atoms with van der Waals surface area (Å²) in [5.41, 5.74) is -1.58. The molecule has 0 aromatic carbocycles. The number of furan rings is 1. The van der Waals surface area contributed by atoms with Gasteiger partial charge in [0.25, 0.3) is 5.91 Å². The molecule has 4 rings (SSSR count). The Hall–Kier alpha value is -2.55. The SMILES string of the molecule is CC[C@@H]1CCCCN1C(=O)c1nn2c(C(F)(F)F)cc(-c3ccco3)nc2c1Cl. The van der Waals surface area contributed by atoms with Crippen molar-refractivity contribution in [1.82, 2.24) is 19.5 Å². The van der Waals surface area contributed by atoms with Gasteiger partial charge in [0.1, 0.15) is 10.7 Å². The molecule has 3 aromatic heterocycles. The van der Waals surface area contributed by atoms with E-state index in [1.165, 1.54) is 12.3 Å². The number of rotatable bonds is 3. The quantitative estimate of drug-likeness (QED) is 0.586. The zero-order valence-corrected chi connectivity index (χ0v) is 16.3. The lowest BCUT2D eigenvalue weighted by Crippen LogP contribution is -2.43. The number of amides is 1. The highest BCUT2D eigenvalue weighted by atomic mass is 35.5. The van der Waals surface area contributed by atoms with Crippen LogP contribution in [0.5, 0.6) is 0 Å². The Bertz CT molecular complexity index is 1050. The Morgan fingerprint density at radius 3 is 2.83 bits per heavy atom. The Morgan fingerprint density at radius 1 is 1.38 bits per heavy atom. The fourth-order valence-corrected chi connectivity index (χ4v) is 3.95. The van der Waals surface area contributed by atoms with E-state index in [1.807, 2.05) is 6.92 Å². The molecule has 10 heteroatoms. The van der Waals surface area contributed by atoms with Crippen molar-refractivity contribution in [2.24, 2.45) is 0 Å². The highest BCUT2D eigenvalue weighted by Gasteiger charge is 2.38. The molecule has 1 atom stereocenters. The summed E-state index contributed by atoms with van der Waals surface area (Å²) >= 11 is 6.33. The molecular weight excluding hydrogens is 409 g/mol. The van der Waals surface area contributed by atoms with Gasteiger partial charge in [-0.3, -0.25) is 4.79 Å². The van der Waals surface area contributed by atoms with Crippen LogP contribution in [-0.4, -0.2) is 38.0 Å². The normalized spacial score (nSPS) is 17.8. The smallest absolute Gasteiger partial charge is 0.433 e. The summed E-state index contributed by atoms with van der Waals surface area (Å²) in [6.45, 7) is 2.50. The Balaban J connectivity index is 1.87. The maximum absolute atomic E-state index is 13.7. The fraction of sp³-hybridized carbons (Fsp3) is 0.421. The van der Waals surface area contributed by atoms with Gasteiger partial charge in [0.05, 0.1) is 6.26 Å². The summed E-state index contributed by atoms with van der Waals surface area (Å²) in [5, 5.41) is 3.73. The highest BCUT2D eigenvalue weighted by Crippen LogP contribution is 2.35. The Morgan fingerprint density at radius 2 is 2.17 bits per heavy atom. The molecule has 3 aromatic rings. The fourth-order valence-electron chi connectivity index (χ4n) is 3.71. The predicted octanol–water partition coefficient (Wildman–Crippen LogP) is 5.07. The number of hydrogen-bond acceptors (Lipinski definition) is 4. The Labute approximate surface area is 169 Å². The molecule has 0 saturated carbocycles. The van der Waals surface area contributed by atoms with E-state index in [1.54, 1.807) is 11.0 Å². The second kappa shape index (κ2) is 7.37.